The molecule has 0 atom stereocenters. The Morgan fingerprint density at radius 2 is 1.25 bits per heavy atom. The minimum Gasteiger partial charge on any atom is -0.469 e. The first-order valence-electron chi connectivity index (χ1n) is 23.1. The van der Waals surface area contributed by atoms with Gasteiger partial charge in [0.15, 0.2) is 0 Å². The molecule has 0 fully saturated rings. The van der Waals surface area contributed by atoms with Crippen LogP contribution in [0, 0.1) is 0 Å². The van der Waals surface area contributed by atoms with Crippen molar-refractivity contribution in [2.45, 2.75) is 97.8 Å². The molecule has 12 rings (SSSR count). The Morgan fingerprint density at radius 1 is 0.594 bits per heavy atom. The van der Waals surface area contributed by atoms with Gasteiger partial charge < -0.3 is 14.3 Å². The Hall–Kier alpha value is -6.04. The molecule has 7 aromatic carbocycles. The second-order valence-corrected chi connectivity index (χ2v) is 23.4. The molecule has 1 N–H and O–H groups in total. The van der Waals surface area contributed by atoms with Crippen molar-refractivity contribution in [3.63, 3.8) is 0 Å². The molecule has 0 radical (unpaired) electrons. The van der Waals surface area contributed by atoms with E-state index in [1.807, 2.05) is 11.3 Å². The van der Waals surface area contributed by atoms with Gasteiger partial charge in [0.1, 0.15) is 5.58 Å². The van der Waals surface area contributed by atoms with E-state index in [-0.39, 0.29) is 21.7 Å². The Bertz CT molecular complexity index is 3630. The van der Waals surface area contributed by atoms with E-state index in [0.29, 0.717) is 7.28 Å². The highest BCUT2D eigenvalue weighted by atomic mass is 32.1. The predicted molar refractivity (Wildman–Crippen MR) is 279 cm³/mol. The molecule has 0 amide bonds. The van der Waals surface area contributed by atoms with Gasteiger partial charge in [0.05, 0.1) is 16.9 Å². The number of benzene rings is 7. The van der Waals surface area contributed by atoms with E-state index in [9.17, 15) is 0 Å². The van der Waals surface area contributed by atoms with Crippen LogP contribution in [0.15, 0.2) is 126 Å². The van der Waals surface area contributed by atoms with Crippen LogP contribution in [-0.4, -0.2) is 11.8 Å². The van der Waals surface area contributed by atoms with Gasteiger partial charge in [0.25, 0.3) is 0 Å². The van der Waals surface area contributed by atoms with Crippen molar-refractivity contribution in [2.24, 2.45) is 0 Å². The first-order chi connectivity index (χ1) is 30.4. The van der Waals surface area contributed by atoms with Crippen molar-refractivity contribution in [3.8, 4) is 27.9 Å². The minimum atomic E-state index is -0.274. The van der Waals surface area contributed by atoms with Crippen molar-refractivity contribution >= 4 is 94.1 Å². The summed E-state index contributed by atoms with van der Waals surface area (Å²) in [5.74, 6) is 0. The monoisotopic (exact) mass is 850 g/mol. The van der Waals surface area contributed by atoms with Crippen LogP contribution in [-0.2, 0) is 21.7 Å². The summed E-state index contributed by atoms with van der Waals surface area (Å²) in [5, 5.41) is 10.5. The van der Waals surface area contributed by atoms with Crippen molar-refractivity contribution in [1.82, 2.24) is 4.57 Å². The van der Waals surface area contributed by atoms with E-state index in [4.69, 9.17) is 4.42 Å². The minimum absolute atomic E-state index is 0.00859. The summed E-state index contributed by atoms with van der Waals surface area (Å²) in [6, 6.07) is 46.3. The molecule has 0 bridgehead atoms. The summed E-state index contributed by atoms with van der Waals surface area (Å²) in [6.45, 7) is 25.7. The predicted octanol–water partition coefficient (Wildman–Crippen LogP) is 15.2. The quantitative estimate of drug-likeness (QED) is 0.180. The molecule has 64 heavy (non-hydrogen) atoms. The molecule has 3 nitrogen and oxygen atoms in total. The number of aromatic nitrogens is 1. The summed E-state index contributed by atoms with van der Waals surface area (Å²) >= 11 is 1.88. The molecule has 316 valence electrons. The zero-order valence-corrected chi connectivity index (χ0v) is 39.8. The molecule has 1 aliphatic carbocycles. The van der Waals surface area contributed by atoms with Gasteiger partial charge >= 0.3 is 0 Å². The molecule has 10 aromatic rings. The third-order valence-electron chi connectivity index (χ3n) is 14.6. The van der Waals surface area contributed by atoms with Crippen molar-refractivity contribution in [3.05, 3.63) is 149 Å². The fraction of sp³-hybridized carbons (Fsp3) is 0.254. The standard InChI is InChI=1S/C59H55BN2OS/c1-56(2,3)32-20-24-35(25-21-32)61-43-31-47-38(36-16-13-15-19-46(36)64-47)30-39(43)49-48-37-17-12-14-18-42(37)59(10,11)51(48)50-40-28-33(57(4,5)6)22-26-44(40)62-53-41-29-34(58(7,8)9)23-27-45(41)63-55(53)60-52(49)54(50)62/h12-31,60-61H,1-11H3. The van der Waals surface area contributed by atoms with Gasteiger partial charge in [-0.3, -0.25) is 0 Å². The van der Waals surface area contributed by atoms with E-state index < -0.39 is 0 Å². The van der Waals surface area contributed by atoms with Gasteiger partial charge in [0, 0.05) is 64.2 Å². The Labute approximate surface area is 381 Å². The van der Waals surface area contributed by atoms with Crippen LogP contribution in [0.4, 0.5) is 11.4 Å². The third-order valence-corrected chi connectivity index (χ3v) is 15.8. The fourth-order valence-corrected chi connectivity index (χ4v) is 12.3. The normalized spacial score (nSPS) is 14.4. The molecule has 2 aliphatic rings. The number of hydrogen-bond donors (Lipinski definition) is 1. The molecular formula is C59H55BN2OS. The van der Waals surface area contributed by atoms with E-state index in [2.05, 4.69) is 207 Å². The zero-order valence-electron chi connectivity index (χ0n) is 39.0. The van der Waals surface area contributed by atoms with E-state index >= 15 is 0 Å². The summed E-state index contributed by atoms with van der Waals surface area (Å²) in [5.41, 5.74) is 20.9. The molecule has 1 aliphatic heterocycles. The SMILES string of the molecule is CC(C)(C)c1ccc(Nc2cc3sc4ccccc4c3cc2-c2c3c(c4c5cc(C(C)(C)C)ccc5n5c4c2Bc2oc4ccc(C(C)(C)C)cc4c2-5)C(C)(C)c2ccccc2-3)cc1. The molecular weight excluding hydrogens is 796 g/mol. The summed E-state index contributed by atoms with van der Waals surface area (Å²) in [6.07, 6.45) is 0. The number of anilines is 2. The lowest BCUT2D eigenvalue weighted by Gasteiger charge is -2.28. The fourth-order valence-electron chi connectivity index (χ4n) is 11.2. The highest BCUT2D eigenvalue weighted by Gasteiger charge is 2.44. The van der Waals surface area contributed by atoms with Crippen LogP contribution in [0.2, 0.25) is 0 Å². The largest absolute Gasteiger partial charge is 0.469 e. The van der Waals surface area contributed by atoms with Crippen LogP contribution in [0.25, 0.3) is 80.9 Å². The van der Waals surface area contributed by atoms with Crippen LogP contribution >= 0.6 is 11.3 Å². The Kier molecular flexibility index (Phi) is 8.06. The molecule has 4 heterocycles. The lowest BCUT2D eigenvalue weighted by Crippen LogP contribution is -2.37. The molecule has 5 heteroatoms. The average molecular weight is 851 g/mol. The number of rotatable bonds is 3. The van der Waals surface area contributed by atoms with Crippen molar-refractivity contribution in [2.75, 3.05) is 5.32 Å². The molecule has 0 spiro atoms. The number of hydrogen-bond acceptors (Lipinski definition) is 3. The highest BCUT2D eigenvalue weighted by Crippen LogP contribution is 2.58. The summed E-state index contributed by atoms with van der Waals surface area (Å²) < 4.78 is 12.3. The van der Waals surface area contributed by atoms with E-state index in [1.165, 1.54) is 109 Å². The Balaban J connectivity index is 1.27. The second-order valence-electron chi connectivity index (χ2n) is 22.3. The van der Waals surface area contributed by atoms with Crippen LogP contribution < -0.4 is 16.4 Å². The van der Waals surface area contributed by atoms with Gasteiger partial charge in [-0.1, -0.05) is 143 Å². The van der Waals surface area contributed by atoms with Gasteiger partial charge in [-0.05, 0) is 121 Å². The first-order valence-corrected chi connectivity index (χ1v) is 23.9. The van der Waals surface area contributed by atoms with Crippen LogP contribution in [0.5, 0.6) is 0 Å². The van der Waals surface area contributed by atoms with Gasteiger partial charge in [-0.25, -0.2) is 0 Å². The lowest BCUT2D eigenvalue weighted by molar-refractivity contribution is 0.590. The topological polar surface area (TPSA) is 30.1 Å². The Morgan fingerprint density at radius 3 is 1.98 bits per heavy atom. The molecule has 0 saturated heterocycles. The first kappa shape index (κ1) is 39.5. The van der Waals surface area contributed by atoms with E-state index in [0.717, 1.165) is 22.6 Å². The van der Waals surface area contributed by atoms with Crippen molar-refractivity contribution in [1.29, 1.82) is 0 Å². The summed E-state index contributed by atoms with van der Waals surface area (Å²) in [4.78, 5) is 0. The second kappa shape index (κ2) is 13.0. The average Bonchev–Trinajstić information content (AvgIpc) is 3.96. The molecule has 3 aromatic heterocycles. The lowest BCUT2D eigenvalue weighted by atomic mass is 9.60. The number of thiophene rings is 1. The maximum atomic E-state index is 7.11. The van der Waals surface area contributed by atoms with Gasteiger partial charge in [-0.15, -0.1) is 11.3 Å². The smallest absolute Gasteiger partial charge is 0.244 e. The highest BCUT2D eigenvalue weighted by molar-refractivity contribution is 7.25. The zero-order chi connectivity index (χ0) is 44.4. The maximum absolute atomic E-state index is 7.11. The van der Waals surface area contributed by atoms with Crippen LogP contribution in [0.3, 0.4) is 0 Å². The number of nitrogens with one attached hydrogen (secondary N) is 1. The third kappa shape index (κ3) is 5.59. The van der Waals surface area contributed by atoms with Gasteiger partial charge in [0.2, 0.25) is 7.28 Å². The molecule has 0 unspecified atom stereocenters. The summed E-state index contributed by atoms with van der Waals surface area (Å²) in [7, 11) is 0.682. The number of fused-ring (bicyclic) bond motifs is 14. The van der Waals surface area contributed by atoms with Gasteiger partial charge in [-0.2, -0.15) is 0 Å². The van der Waals surface area contributed by atoms with E-state index in [1.54, 1.807) is 0 Å². The maximum Gasteiger partial charge on any atom is 0.244 e. The van der Waals surface area contributed by atoms with Crippen LogP contribution in [0.1, 0.15) is 104 Å². The number of nitrogens with zero attached hydrogens (tertiary/aromatic N) is 1. The number of furan rings is 1. The van der Waals surface area contributed by atoms with Crippen molar-refractivity contribution < 1.29 is 4.42 Å². The molecule has 0 saturated carbocycles.